The van der Waals surface area contributed by atoms with Crippen LogP contribution in [0.4, 0.5) is 0 Å². The molecule has 1 aromatic heterocycles. The number of fused-ring (bicyclic) bond motifs is 1. The first-order chi connectivity index (χ1) is 8.54. The molecule has 2 aromatic rings. The van der Waals surface area contributed by atoms with Gasteiger partial charge in [-0.2, -0.15) is 0 Å². The summed E-state index contributed by atoms with van der Waals surface area (Å²) in [6, 6.07) is 4.20. The maximum absolute atomic E-state index is 12.1. The summed E-state index contributed by atoms with van der Waals surface area (Å²) in [5.74, 6) is 0. The molecule has 0 atom stereocenters. The van der Waals surface area contributed by atoms with Crippen molar-refractivity contribution < 1.29 is 0 Å². The fraction of sp³-hybridized carbons (Fsp3) is 0.400. The van der Waals surface area contributed by atoms with Gasteiger partial charge in [0.05, 0.1) is 0 Å². The van der Waals surface area contributed by atoms with Gasteiger partial charge in [0.2, 0.25) is 0 Å². The minimum Gasteiger partial charge on any atom is -0.322 e. The van der Waals surface area contributed by atoms with Crippen LogP contribution in [-0.4, -0.2) is 18.6 Å². The number of H-pyrrole nitrogens is 1. The molecule has 96 valence electrons. The standard InChI is InChI=1S/C15H20N2O/c1-9-7-10(2)14-11(3)12(5-6-16-4)15(18)17-13(14)8-9/h7-8,16H,5-6H2,1-4H3,(H,17,18). The van der Waals surface area contributed by atoms with Crippen molar-refractivity contribution in [3.63, 3.8) is 0 Å². The maximum atomic E-state index is 12.1. The Bertz CT molecular complexity index is 641. The van der Waals surface area contributed by atoms with Crippen LogP contribution >= 0.6 is 0 Å². The van der Waals surface area contributed by atoms with E-state index in [9.17, 15) is 4.79 Å². The predicted octanol–water partition coefficient (Wildman–Crippen LogP) is 2.22. The number of aromatic nitrogens is 1. The van der Waals surface area contributed by atoms with Gasteiger partial charge in [-0.25, -0.2) is 0 Å². The molecule has 0 saturated heterocycles. The zero-order valence-corrected chi connectivity index (χ0v) is 11.5. The monoisotopic (exact) mass is 244 g/mol. The molecule has 2 rings (SSSR count). The molecule has 0 spiro atoms. The Morgan fingerprint density at radius 3 is 2.61 bits per heavy atom. The van der Waals surface area contributed by atoms with Gasteiger partial charge >= 0.3 is 0 Å². The third-order valence-corrected chi connectivity index (χ3v) is 3.45. The normalized spacial score (nSPS) is 11.1. The van der Waals surface area contributed by atoms with Gasteiger partial charge in [0, 0.05) is 16.5 Å². The van der Waals surface area contributed by atoms with Crippen molar-refractivity contribution in [3.05, 3.63) is 44.7 Å². The van der Waals surface area contributed by atoms with Crippen LogP contribution in [0, 0.1) is 20.8 Å². The van der Waals surface area contributed by atoms with E-state index in [1.807, 2.05) is 20.0 Å². The van der Waals surface area contributed by atoms with E-state index in [2.05, 4.69) is 30.2 Å². The summed E-state index contributed by atoms with van der Waals surface area (Å²) in [4.78, 5) is 15.1. The molecular formula is C15H20N2O. The lowest BCUT2D eigenvalue weighted by atomic mass is 9.97. The van der Waals surface area contributed by atoms with Gasteiger partial charge in [-0.3, -0.25) is 4.79 Å². The molecular weight excluding hydrogens is 224 g/mol. The van der Waals surface area contributed by atoms with E-state index in [0.29, 0.717) is 0 Å². The number of aryl methyl sites for hydroxylation is 3. The summed E-state index contributed by atoms with van der Waals surface area (Å²) in [7, 11) is 1.90. The molecule has 1 heterocycles. The van der Waals surface area contributed by atoms with Crippen molar-refractivity contribution in [1.82, 2.24) is 10.3 Å². The molecule has 0 radical (unpaired) electrons. The number of rotatable bonds is 3. The summed E-state index contributed by atoms with van der Waals surface area (Å²) < 4.78 is 0. The lowest BCUT2D eigenvalue weighted by Crippen LogP contribution is -2.20. The number of nitrogens with one attached hydrogen (secondary N) is 2. The SMILES string of the molecule is CNCCc1c(C)c2c(C)cc(C)cc2[nH]c1=O. The molecule has 0 aliphatic rings. The second-order valence-electron chi connectivity index (χ2n) is 4.92. The largest absolute Gasteiger partial charge is 0.322 e. The summed E-state index contributed by atoms with van der Waals surface area (Å²) in [5.41, 5.74) is 5.40. The summed E-state index contributed by atoms with van der Waals surface area (Å²) in [6.45, 7) is 7.02. The quantitative estimate of drug-likeness (QED) is 0.869. The molecule has 1 aromatic carbocycles. The average molecular weight is 244 g/mol. The smallest absolute Gasteiger partial charge is 0.251 e. The van der Waals surface area contributed by atoms with Crippen molar-refractivity contribution in [2.45, 2.75) is 27.2 Å². The van der Waals surface area contributed by atoms with Gasteiger partial charge in [-0.05, 0) is 63.5 Å². The van der Waals surface area contributed by atoms with Crippen molar-refractivity contribution in [3.8, 4) is 0 Å². The van der Waals surface area contributed by atoms with Crippen LogP contribution in [0.1, 0.15) is 22.3 Å². The average Bonchev–Trinajstić information content (AvgIpc) is 2.27. The molecule has 0 aliphatic heterocycles. The summed E-state index contributed by atoms with van der Waals surface area (Å²) >= 11 is 0. The fourth-order valence-corrected chi connectivity index (χ4v) is 2.63. The third-order valence-electron chi connectivity index (χ3n) is 3.45. The van der Waals surface area contributed by atoms with E-state index in [1.165, 1.54) is 16.5 Å². The van der Waals surface area contributed by atoms with E-state index in [-0.39, 0.29) is 5.56 Å². The third kappa shape index (κ3) is 2.18. The number of hydrogen-bond acceptors (Lipinski definition) is 2. The van der Waals surface area contributed by atoms with Gasteiger partial charge in [0.25, 0.3) is 5.56 Å². The molecule has 0 bridgehead atoms. The van der Waals surface area contributed by atoms with Gasteiger partial charge in [0.15, 0.2) is 0 Å². The molecule has 0 aliphatic carbocycles. The van der Waals surface area contributed by atoms with Crippen molar-refractivity contribution in [2.75, 3.05) is 13.6 Å². The maximum Gasteiger partial charge on any atom is 0.251 e. The minimum absolute atomic E-state index is 0.0419. The minimum atomic E-state index is 0.0419. The van der Waals surface area contributed by atoms with Crippen LogP contribution in [0.2, 0.25) is 0 Å². The van der Waals surface area contributed by atoms with Crippen LogP contribution in [0.25, 0.3) is 10.9 Å². The predicted molar refractivity (Wildman–Crippen MR) is 76.4 cm³/mol. The lowest BCUT2D eigenvalue weighted by molar-refractivity contribution is 0.783. The number of likely N-dealkylation sites (N-methyl/N-ethyl adjacent to an activating group) is 1. The van der Waals surface area contributed by atoms with E-state index < -0.39 is 0 Å². The van der Waals surface area contributed by atoms with Gasteiger partial charge in [0.1, 0.15) is 0 Å². The van der Waals surface area contributed by atoms with Crippen molar-refractivity contribution >= 4 is 10.9 Å². The Balaban J connectivity index is 2.73. The first kappa shape index (κ1) is 12.8. The van der Waals surface area contributed by atoms with Crippen molar-refractivity contribution in [1.29, 1.82) is 0 Å². The Labute approximate surface area is 107 Å². The Hall–Kier alpha value is -1.61. The van der Waals surface area contributed by atoms with E-state index in [0.717, 1.165) is 29.6 Å². The van der Waals surface area contributed by atoms with Crippen molar-refractivity contribution in [2.24, 2.45) is 0 Å². The van der Waals surface area contributed by atoms with Gasteiger partial charge in [-0.1, -0.05) is 6.07 Å². The fourth-order valence-electron chi connectivity index (χ4n) is 2.63. The van der Waals surface area contributed by atoms with Gasteiger partial charge in [-0.15, -0.1) is 0 Å². The number of hydrogen-bond donors (Lipinski definition) is 2. The molecule has 0 saturated carbocycles. The lowest BCUT2D eigenvalue weighted by Gasteiger charge is -2.11. The summed E-state index contributed by atoms with van der Waals surface area (Å²) in [5, 5.41) is 4.28. The molecule has 2 N–H and O–H groups in total. The van der Waals surface area contributed by atoms with Crippen LogP contribution in [0.15, 0.2) is 16.9 Å². The molecule has 3 nitrogen and oxygen atoms in total. The van der Waals surface area contributed by atoms with Gasteiger partial charge < -0.3 is 10.3 Å². The first-order valence-electron chi connectivity index (χ1n) is 6.32. The Kier molecular flexibility index (Phi) is 3.53. The van der Waals surface area contributed by atoms with Crippen LogP contribution < -0.4 is 10.9 Å². The highest BCUT2D eigenvalue weighted by Crippen LogP contribution is 2.23. The highest BCUT2D eigenvalue weighted by molar-refractivity contribution is 5.86. The highest BCUT2D eigenvalue weighted by Gasteiger charge is 2.10. The number of aromatic amines is 1. The molecule has 0 unspecified atom stereocenters. The molecule has 0 amide bonds. The van der Waals surface area contributed by atoms with E-state index in [4.69, 9.17) is 0 Å². The topological polar surface area (TPSA) is 44.9 Å². The number of pyridine rings is 1. The van der Waals surface area contributed by atoms with Crippen LogP contribution in [0.5, 0.6) is 0 Å². The number of benzene rings is 1. The molecule has 18 heavy (non-hydrogen) atoms. The molecule has 0 fully saturated rings. The highest BCUT2D eigenvalue weighted by atomic mass is 16.1. The van der Waals surface area contributed by atoms with E-state index >= 15 is 0 Å². The second kappa shape index (κ2) is 4.94. The Morgan fingerprint density at radius 1 is 1.22 bits per heavy atom. The van der Waals surface area contributed by atoms with Crippen LogP contribution in [0.3, 0.4) is 0 Å². The first-order valence-corrected chi connectivity index (χ1v) is 6.32. The summed E-state index contributed by atoms with van der Waals surface area (Å²) in [6.07, 6.45) is 0.765. The molecule has 3 heteroatoms. The van der Waals surface area contributed by atoms with E-state index in [1.54, 1.807) is 0 Å². The Morgan fingerprint density at radius 2 is 1.94 bits per heavy atom. The van der Waals surface area contributed by atoms with Crippen LogP contribution in [-0.2, 0) is 6.42 Å². The second-order valence-corrected chi connectivity index (χ2v) is 4.92. The zero-order valence-electron chi connectivity index (χ0n) is 11.5. The zero-order chi connectivity index (χ0) is 13.3.